The lowest BCUT2D eigenvalue weighted by Gasteiger charge is -2.36. The minimum Gasteiger partial charge on any atom is -0.496 e. The number of ether oxygens (including phenoxy) is 3. The van der Waals surface area contributed by atoms with Gasteiger partial charge >= 0.3 is 18.4 Å². The molecule has 2 aromatic carbocycles. The van der Waals surface area contributed by atoms with Crippen LogP contribution in [0.3, 0.4) is 0 Å². The first-order chi connectivity index (χ1) is 20.7. The molecule has 1 aliphatic heterocycles. The van der Waals surface area contributed by atoms with Gasteiger partial charge in [0.05, 0.1) is 32.1 Å². The van der Waals surface area contributed by atoms with E-state index in [1.165, 1.54) is 18.1 Å². The first kappa shape index (κ1) is 34.4. The Morgan fingerprint density at radius 3 is 2.11 bits per heavy atom. The minimum atomic E-state index is -4.64. The number of rotatable bonds is 9. The summed E-state index contributed by atoms with van der Waals surface area (Å²) in [4.78, 5) is 14.7. The molecule has 0 N–H and O–H groups in total. The van der Waals surface area contributed by atoms with Gasteiger partial charge in [-0.25, -0.2) is 9.18 Å². The standard InChI is InChI=1S/C33H38F7NO4/c1-18(2)44-28-12-25(27(43-6)13-26(28)34)24-7-8-31(4,5)16-23(24)17-41-19(3)29(45-30(41)42)22-10-20(14-32(35,36)37)9-21(11-22)15-33(38,39)40/h9-13,18-19,29H,7-8,14-17H2,1-6H3/t19-,29-/m0/s1. The molecule has 5 nitrogen and oxygen atoms in total. The predicted octanol–water partition coefficient (Wildman–Crippen LogP) is 9.38. The highest BCUT2D eigenvalue weighted by atomic mass is 19.4. The third-order valence-electron chi connectivity index (χ3n) is 8.08. The van der Waals surface area contributed by atoms with E-state index in [-0.39, 0.29) is 40.5 Å². The zero-order valence-electron chi connectivity index (χ0n) is 26.1. The second kappa shape index (κ2) is 12.7. The van der Waals surface area contributed by atoms with E-state index >= 15 is 0 Å². The number of benzene rings is 2. The summed E-state index contributed by atoms with van der Waals surface area (Å²) >= 11 is 0. The van der Waals surface area contributed by atoms with Crippen LogP contribution in [-0.2, 0) is 17.6 Å². The SMILES string of the molecule is COc1cc(F)c(OC(C)C)cc1C1=C(CN2C(=O)O[C@H](c3cc(CC(F)(F)F)cc(CC(F)(F)F)c3)[C@@H]2C)CC(C)(C)CC1. The molecule has 0 unspecified atom stereocenters. The van der Waals surface area contributed by atoms with Crippen LogP contribution in [0.4, 0.5) is 35.5 Å². The van der Waals surface area contributed by atoms with Crippen LogP contribution in [-0.4, -0.2) is 49.1 Å². The van der Waals surface area contributed by atoms with Gasteiger partial charge in [-0.05, 0) is 79.4 Å². The summed E-state index contributed by atoms with van der Waals surface area (Å²) in [5.41, 5.74) is 1.56. The minimum absolute atomic E-state index is 0.0555. The zero-order valence-corrected chi connectivity index (χ0v) is 26.1. The molecule has 1 heterocycles. The van der Waals surface area contributed by atoms with Gasteiger partial charge in [-0.1, -0.05) is 32.0 Å². The molecule has 0 aromatic heterocycles. The molecule has 248 valence electrons. The lowest BCUT2D eigenvalue weighted by molar-refractivity contribution is -0.127. The molecule has 45 heavy (non-hydrogen) atoms. The van der Waals surface area contributed by atoms with Crippen LogP contribution in [0.15, 0.2) is 35.9 Å². The Morgan fingerprint density at radius 2 is 1.58 bits per heavy atom. The Balaban J connectivity index is 1.73. The number of methoxy groups -OCH3 is 1. The van der Waals surface area contributed by atoms with Crippen molar-refractivity contribution in [1.29, 1.82) is 0 Å². The van der Waals surface area contributed by atoms with Gasteiger partial charge in [0.15, 0.2) is 11.6 Å². The molecule has 12 heteroatoms. The molecule has 0 saturated carbocycles. The molecule has 0 radical (unpaired) electrons. The first-order valence-electron chi connectivity index (χ1n) is 14.7. The van der Waals surface area contributed by atoms with Gasteiger partial charge in [-0.2, -0.15) is 26.3 Å². The number of carbonyl (C=O) groups is 1. The Morgan fingerprint density at radius 1 is 0.978 bits per heavy atom. The number of hydrogen-bond acceptors (Lipinski definition) is 4. The molecule has 0 spiro atoms. The Labute approximate surface area is 258 Å². The van der Waals surface area contributed by atoms with Crippen molar-refractivity contribution in [3.8, 4) is 11.5 Å². The van der Waals surface area contributed by atoms with E-state index in [0.717, 1.165) is 35.8 Å². The number of halogens is 7. The normalized spacial score (nSPS) is 20.6. The summed E-state index contributed by atoms with van der Waals surface area (Å²) in [5.74, 6) is -0.232. The highest BCUT2D eigenvalue weighted by Crippen LogP contribution is 2.47. The number of carbonyl (C=O) groups excluding carboxylic acids is 1. The molecule has 0 bridgehead atoms. The third kappa shape index (κ3) is 8.64. The summed E-state index contributed by atoms with van der Waals surface area (Å²) < 4.78 is 111. The summed E-state index contributed by atoms with van der Waals surface area (Å²) in [6.45, 7) is 9.46. The molecule has 1 saturated heterocycles. The van der Waals surface area contributed by atoms with Crippen molar-refractivity contribution in [2.75, 3.05) is 13.7 Å². The molecule has 4 rings (SSSR count). The van der Waals surface area contributed by atoms with E-state index in [4.69, 9.17) is 14.2 Å². The highest BCUT2D eigenvalue weighted by molar-refractivity contribution is 5.77. The number of hydrogen-bond donors (Lipinski definition) is 0. The molecular weight excluding hydrogens is 607 g/mol. The van der Waals surface area contributed by atoms with Crippen molar-refractivity contribution in [3.63, 3.8) is 0 Å². The smallest absolute Gasteiger partial charge is 0.411 e. The van der Waals surface area contributed by atoms with Crippen molar-refractivity contribution in [2.24, 2.45) is 5.41 Å². The van der Waals surface area contributed by atoms with E-state index in [1.807, 2.05) is 0 Å². The van der Waals surface area contributed by atoms with Gasteiger partial charge in [0.2, 0.25) is 0 Å². The number of amides is 1. The van der Waals surface area contributed by atoms with E-state index < -0.39 is 49.3 Å². The highest BCUT2D eigenvalue weighted by Gasteiger charge is 2.42. The van der Waals surface area contributed by atoms with Crippen LogP contribution in [0.25, 0.3) is 5.57 Å². The summed E-state index contributed by atoms with van der Waals surface area (Å²) in [6, 6.07) is 5.32. The van der Waals surface area contributed by atoms with Gasteiger partial charge < -0.3 is 14.2 Å². The molecule has 1 aliphatic carbocycles. The molecule has 2 aromatic rings. The topological polar surface area (TPSA) is 48.0 Å². The number of nitrogens with zero attached hydrogens (tertiary/aromatic N) is 1. The third-order valence-corrected chi connectivity index (χ3v) is 8.08. The quantitative estimate of drug-likeness (QED) is 0.255. The number of allylic oxidation sites excluding steroid dienone is 1. The maximum atomic E-state index is 14.8. The predicted molar refractivity (Wildman–Crippen MR) is 155 cm³/mol. The van der Waals surface area contributed by atoms with E-state index in [9.17, 15) is 35.5 Å². The molecular formula is C33H38F7NO4. The second-order valence-corrected chi connectivity index (χ2v) is 12.9. The van der Waals surface area contributed by atoms with E-state index in [2.05, 4.69) is 13.8 Å². The van der Waals surface area contributed by atoms with Gasteiger partial charge in [0.25, 0.3) is 0 Å². The van der Waals surface area contributed by atoms with Crippen LogP contribution in [0.2, 0.25) is 0 Å². The molecule has 1 amide bonds. The van der Waals surface area contributed by atoms with Gasteiger partial charge in [0.1, 0.15) is 11.9 Å². The van der Waals surface area contributed by atoms with Crippen LogP contribution in [0.5, 0.6) is 11.5 Å². The second-order valence-electron chi connectivity index (χ2n) is 12.9. The largest absolute Gasteiger partial charge is 0.496 e. The van der Waals surface area contributed by atoms with Crippen LogP contribution >= 0.6 is 0 Å². The average molecular weight is 646 g/mol. The van der Waals surface area contributed by atoms with E-state index in [0.29, 0.717) is 24.2 Å². The van der Waals surface area contributed by atoms with Crippen LogP contribution in [0, 0.1) is 11.2 Å². The lowest BCUT2D eigenvalue weighted by atomic mass is 9.72. The zero-order chi connectivity index (χ0) is 33.5. The first-order valence-corrected chi connectivity index (χ1v) is 14.7. The van der Waals surface area contributed by atoms with Gasteiger partial charge in [-0.3, -0.25) is 4.90 Å². The van der Waals surface area contributed by atoms with Crippen LogP contribution < -0.4 is 9.47 Å². The number of cyclic esters (lactones) is 1. The fourth-order valence-corrected chi connectivity index (χ4v) is 6.16. The molecule has 2 atom stereocenters. The summed E-state index contributed by atoms with van der Waals surface area (Å²) in [7, 11) is 1.43. The van der Waals surface area contributed by atoms with Crippen molar-refractivity contribution in [1.82, 2.24) is 4.90 Å². The Hall–Kier alpha value is -3.44. The summed E-state index contributed by atoms with van der Waals surface area (Å²) in [6.07, 6.45) is -12.3. The average Bonchev–Trinajstić information content (AvgIpc) is 3.15. The van der Waals surface area contributed by atoms with Gasteiger partial charge in [0, 0.05) is 18.2 Å². The van der Waals surface area contributed by atoms with Crippen molar-refractivity contribution >= 4 is 11.7 Å². The lowest BCUT2D eigenvalue weighted by Crippen LogP contribution is -2.35. The maximum absolute atomic E-state index is 14.8. The van der Waals surface area contributed by atoms with Gasteiger partial charge in [-0.15, -0.1) is 0 Å². The van der Waals surface area contributed by atoms with Crippen molar-refractivity contribution in [2.45, 2.75) is 97.3 Å². The molecule has 2 aliphatic rings. The van der Waals surface area contributed by atoms with Crippen molar-refractivity contribution in [3.05, 3.63) is 64.0 Å². The number of alkyl halides is 6. The van der Waals surface area contributed by atoms with E-state index in [1.54, 1.807) is 26.8 Å². The monoisotopic (exact) mass is 645 g/mol. The van der Waals surface area contributed by atoms with Crippen LogP contribution in [0.1, 0.15) is 82.2 Å². The Kier molecular flexibility index (Phi) is 9.76. The fraction of sp³-hybridized carbons (Fsp3) is 0.545. The Bertz CT molecular complexity index is 1410. The fourth-order valence-electron chi connectivity index (χ4n) is 6.16. The van der Waals surface area contributed by atoms with Crippen molar-refractivity contribution < 1.29 is 49.7 Å². The molecule has 1 fully saturated rings. The summed E-state index contributed by atoms with van der Waals surface area (Å²) in [5, 5.41) is 0. The maximum Gasteiger partial charge on any atom is 0.411 e.